The topological polar surface area (TPSA) is 122 Å². The summed E-state index contributed by atoms with van der Waals surface area (Å²) in [5.41, 5.74) is 4.29. The highest BCUT2D eigenvalue weighted by molar-refractivity contribution is 7.89. The number of carboxylic acids is 1. The molecule has 0 bridgehead atoms. The van der Waals surface area contributed by atoms with Crippen LogP contribution < -0.4 is 18.9 Å². The lowest BCUT2D eigenvalue weighted by atomic mass is 9.75. The summed E-state index contributed by atoms with van der Waals surface area (Å²) in [7, 11) is -3.69. The molecule has 0 saturated carbocycles. The number of fused-ring (bicyclic) bond motifs is 2. The van der Waals surface area contributed by atoms with Crippen molar-refractivity contribution in [2.24, 2.45) is 5.41 Å². The van der Waals surface area contributed by atoms with E-state index in [1.54, 1.807) is 4.90 Å². The Morgan fingerprint density at radius 1 is 1.09 bits per heavy atom. The highest BCUT2D eigenvalue weighted by Crippen LogP contribution is 2.43. The highest BCUT2D eigenvalue weighted by atomic mass is 32.2. The minimum absolute atomic E-state index is 0.118. The second kappa shape index (κ2) is 11.7. The Morgan fingerprint density at radius 2 is 1.84 bits per heavy atom. The van der Waals surface area contributed by atoms with E-state index in [1.807, 2.05) is 88.3 Å². The van der Waals surface area contributed by atoms with Crippen molar-refractivity contribution in [3.63, 3.8) is 0 Å². The van der Waals surface area contributed by atoms with Gasteiger partial charge in [0.2, 0.25) is 28.0 Å². The zero-order valence-electron chi connectivity index (χ0n) is 25.1. The molecular weight excluding hydrogens is 613 g/mol. The number of nitrogens with one attached hydrogen (secondary N) is 1. The van der Waals surface area contributed by atoms with Crippen molar-refractivity contribution < 1.29 is 32.4 Å². The van der Waals surface area contributed by atoms with Gasteiger partial charge in [-0.25, -0.2) is 13.1 Å². The number of amides is 1. The van der Waals surface area contributed by atoms with E-state index in [4.69, 9.17) is 4.74 Å². The number of rotatable bonds is 8. The number of carbonyl (C=O) groups is 2. The Labute approximate surface area is 265 Å². The van der Waals surface area contributed by atoms with E-state index in [-0.39, 0.29) is 18.5 Å². The molecule has 0 unspecified atom stereocenters. The average Bonchev–Trinajstić information content (AvgIpc) is 3.66. The van der Waals surface area contributed by atoms with E-state index in [0.717, 1.165) is 51.2 Å². The van der Waals surface area contributed by atoms with Gasteiger partial charge < -0.3 is 14.4 Å². The lowest BCUT2D eigenvalue weighted by Crippen LogP contribution is -2.45. The van der Waals surface area contributed by atoms with Gasteiger partial charge >= 0.3 is 5.97 Å². The van der Waals surface area contributed by atoms with Gasteiger partial charge in [0.25, 0.3) is 10.9 Å². The summed E-state index contributed by atoms with van der Waals surface area (Å²) in [4.78, 5) is 26.2. The van der Waals surface area contributed by atoms with Gasteiger partial charge in [-0.3, -0.25) is 14.5 Å². The Hall–Kier alpha value is -4.68. The van der Waals surface area contributed by atoms with Crippen LogP contribution >= 0.6 is 11.3 Å². The number of sulfonamides is 1. The van der Waals surface area contributed by atoms with Gasteiger partial charge in [-0.05, 0) is 65.8 Å². The molecule has 3 heterocycles. The number of hydrogen-bond donors (Lipinski definition) is 2. The molecule has 0 radical (unpaired) electrons. The van der Waals surface area contributed by atoms with Gasteiger partial charge in [0.05, 0.1) is 11.9 Å². The van der Waals surface area contributed by atoms with Crippen LogP contribution in [0.5, 0.6) is 5.75 Å². The minimum Gasteiger partial charge on any atom is -0.480 e. The molecule has 1 amide bonds. The molecule has 1 aliphatic carbocycles. The molecule has 0 fully saturated rings. The van der Waals surface area contributed by atoms with Crippen LogP contribution in [0, 0.1) is 5.41 Å². The first-order valence-electron chi connectivity index (χ1n) is 14.3. The van der Waals surface area contributed by atoms with Gasteiger partial charge in [-0.2, -0.15) is 4.57 Å². The third-order valence-corrected chi connectivity index (χ3v) is 9.21. The van der Waals surface area contributed by atoms with Crippen LogP contribution in [-0.2, 0) is 26.2 Å². The average molecular weight is 646 g/mol. The van der Waals surface area contributed by atoms with E-state index < -0.39 is 21.9 Å². The molecule has 10 nitrogen and oxygen atoms in total. The van der Waals surface area contributed by atoms with Crippen molar-refractivity contribution in [3.8, 4) is 11.4 Å². The van der Waals surface area contributed by atoms with E-state index in [1.165, 1.54) is 11.3 Å². The van der Waals surface area contributed by atoms with Crippen molar-refractivity contribution >= 4 is 55.2 Å². The molecule has 6 rings (SSSR count). The maximum atomic E-state index is 12.6. The zero-order chi connectivity index (χ0) is 31.9. The molecule has 2 N–H and O–H groups in total. The maximum Gasteiger partial charge on any atom is 0.323 e. The third kappa shape index (κ3) is 6.86. The largest absolute Gasteiger partial charge is 0.480 e. The number of para-hydroxylation sites is 1. The predicted molar refractivity (Wildman–Crippen MR) is 174 cm³/mol. The number of ether oxygens (including phenoxy) is 1. The summed E-state index contributed by atoms with van der Waals surface area (Å²) in [6, 6.07) is 17.2. The molecule has 0 saturated heterocycles. The third-order valence-electron chi connectivity index (χ3n) is 7.50. The number of thiazole rings is 1. The first-order valence-corrected chi connectivity index (χ1v) is 17.0. The molecule has 4 aromatic rings. The molecule has 2 aromatic heterocycles. The van der Waals surface area contributed by atoms with Gasteiger partial charge in [0.15, 0.2) is 5.75 Å². The van der Waals surface area contributed by atoms with Gasteiger partial charge in [-0.15, -0.1) is 0 Å². The maximum absolute atomic E-state index is 12.6. The van der Waals surface area contributed by atoms with E-state index in [9.17, 15) is 23.1 Å². The Bertz CT molecular complexity index is 2020. The van der Waals surface area contributed by atoms with E-state index >= 15 is 0 Å². The quantitative estimate of drug-likeness (QED) is 0.259. The van der Waals surface area contributed by atoms with Crippen LogP contribution in [0.1, 0.15) is 31.7 Å². The number of carboxylic acid groups (broad SMARTS) is 1. The smallest absolute Gasteiger partial charge is 0.323 e. The fourth-order valence-electron chi connectivity index (χ4n) is 5.88. The second-order valence-corrected chi connectivity index (χ2v) is 14.9. The lowest BCUT2D eigenvalue weighted by Gasteiger charge is -2.30. The van der Waals surface area contributed by atoms with Crippen LogP contribution in [0.3, 0.4) is 0 Å². The Morgan fingerprint density at radius 3 is 2.58 bits per heavy atom. The first kappa shape index (κ1) is 30.4. The summed E-state index contributed by atoms with van der Waals surface area (Å²) in [6.07, 6.45) is 12.4. The minimum atomic E-state index is -3.69. The van der Waals surface area contributed by atoms with E-state index in [0.29, 0.717) is 17.3 Å². The number of aliphatic carboxylic acids is 1. The summed E-state index contributed by atoms with van der Waals surface area (Å²) in [5, 5.41) is 10.6. The number of benzene rings is 2. The van der Waals surface area contributed by atoms with Crippen LogP contribution in [0.4, 0.5) is 5.69 Å². The number of anilines is 1. The highest BCUT2D eigenvalue weighted by Gasteiger charge is 2.32. The molecule has 45 heavy (non-hydrogen) atoms. The molecular formula is C33H33N4O6S2+. The van der Waals surface area contributed by atoms with Crippen LogP contribution in [-0.4, -0.2) is 42.8 Å². The fraction of sp³-hybridized carbons (Fsp3) is 0.242. The van der Waals surface area contributed by atoms with Crippen molar-refractivity contribution in [2.75, 3.05) is 17.7 Å². The van der Waals surface area contributed by atoms with Gasteiger partial charge in [-0.1, -0.05) is 43.4 Å². The molecule has 0 spiro atoms. The molecule has 2 aromatic carbocycles. The van der Waals surface area contributed by atoms with Gasteiger partial charge in [0.1, 0.15) is 11.2 Å². The first-order chi connectivity index (χ1) is 21.3. The molecule has 1 aliphatic heterocycles. The number of allylic oxidation sites excluding steroid dienone is 4. The number of aromatic nitrogens is 2. The van der Waals surface area contributed by atoms with E-state index in [2.05, 4.69) is 24.6 Å². The summed E-state index contributed by atoms with van der Waals surface area (Å²) in [5.74, 6) is -0.568. The molecule has 0 atom stereocenters. The van der Waals surface area contributed by atoms with Crippen molar-refractivity contribution in [1.82, 2.24) is 9.29 Å². The van der Waals surface area contributed by atoms with Crippen molar-refractivity contribution in [2.45, 2.75) is 33.2 Å². The predicted octanol–water partition coefficient (Wildman–Crippen LogP) is 5.01. The fourth-order valence-corrected chi connectivity index (χ4v) is 7.50. The van der Waals surface area contributed by atoms with Crippen LogP contribution in [0.2, 0.25) is 0 Å². The SMILES string of the molecule is CC1(C)CC(/C=C2\Oc3ccc(-n4cccc4)cc3N2CC(=O)O)=CC(=C/c2sc3ccccc3[n+]2CC(=O)NS(C)(=O)=O)/C1. The summed E-state index contributed by atoms with van der Waals surface area (Å²) >= 11 is 1.52. The summed E-state index contributed by atoms with van der Waals surface area (Å²) < 4.78 is 36.4. The van der Waals surface area contributed by atoms with Crippen molar-refractivity contribution in [3.05, 3.63) is 101 Å². The summed E-state index contributed by atoms with van der Waals surface area (Å²) in [6.45, 7) is 3.94. The normalized spacial score (nSPS) is 17.8. The number of carbonyl (C=O) groups excluding carboxylic acids is 1. The molecule has 232 valence electrons. The lowest BCUT2D eigenvalue weighted by molar-refractivity contribution is -0.655. The second-order valence-electron chi connectivity index (χ2n) is 12.1. The van der Waals surface area contributed by atoms with Crippen molar-refractivity contribution in [1.29, 1.82) is 0 Å². The Balaban J connectivity index is 1.37. The number of hydrogen-bond acceptors (Lipinski definition) is 7. The standard InChI is InChI=1S/C33H32N4O6S2/c1-33(2)18-22(15-30-36(21-32(39)40)26-17-24(10-11-27(26)43-30)35-12-6-7-13-35)14-23(19-33)16-31-37(20-29(38)34-45(3,41)42)25-8-4-5-9-28(25)44-31/h4-17H,18-21H2,1-3H3,(H-,34,38,39,40)/p+1. The molecule has 2 aliphatic rings. The Kier molecular flexibility index (Phi) is 7.88. The van der Waals surface area contributed by atoms with Gasteiger partial charge in [0, 0.05) is 36.3 Å². The molecule has 12 heteroatoms. The monoisotopic (exact) mass is 645 g/mol. The van der Waals surface area contributed by atoms with Crippen LogP contribution in [0.25, 0.3) is 22.0 Å². The number of nitrogens with zero attached hydrogens (tertiary/aromatic N) is 3. The van der Waals surface area contributed by atoms with Crippen LogP contribution in [0.15, 0.2) is 96.2 Å². The zero-order valence-corrected chi connectivity index (χ0v) is 26.7.